The van der Waals surface area contributed by atoms with Crippen LogP contribution in [0.1, 0.15) is 36.1 Å². The zero-order chi connectivity index (χ0) is 18.8. The fourth-order valence-corrected chi connectivity index (χ4v) is 5.01. The molecule has 0 unspecified atom stereocenters. The van der Waals surface area contributed by atoms with Crippen LogP contribution in [-0.4, -0.2) is 33.4 Å². The summed E-state index contributed by atoms with van der Waals surface area (Å²) in [6.07, 6.45) is 4.63. The molecule has 1 aliphatic heterocycles. The van der Waals surface area contributed by atoms with Crippen LogP contribution in [0.2, 0.25) is 5.02 Å². The van der Waals surface area contributed by atoms with Crippen LogP contribution < -0.4 is 5.56 Å². The number of rotatable bonds is 5. The molecule has 0 saturated carbocycles. The van der Waals surface area contributed by atoms with Gasteiger partial charge in [-0.2, -0.15) is 0 Å². The average Bonchev–Trinajstić information content (AvgIpc) is 3.35. The Balaban J connectivity index is 1.63. The Morgan fingerprint density at radius 2 is 1.93 bits per heavy atom. The van der Waals surface area contributed by atoms with Gasteiger partial charge in [0.05, 0.1) is 5.69 Å². The monoisotopic (exact) mass is 403 g/mol. The molecule has 4 rings (SSSR count). The fraction of sp³-hybridized carbons (Fsp3) is 0.450. The minimum atomic E-state index is -0.0493. The lowest BCUT2D eigenvalue weighted by atomic mass is 10.2. The van der Waals surface area contributed by atoms with Crippen LogP contribution in [-0.2, 0) is 29.9 Å². The first-order valence-corrected chi connectivity index (χ1v) is 10.8. The van der Waals surface area contributed by atoms with Crippen molar-refractivity contribution in [2.75, 3.05) is 13.1 Å². The van der Waals surface area contributed by atoms with Gasteiger partial charge in [0.25, 0.3) is 5.56 Å². The molecule has 1 aromatic carbocycles. The predicted molar refractivity (Wildman–Crippen MR) is 107 cm³/mol. The average molecular weight is 404 g/mol. The van der Waals surface area contributed by atoms with Crippen molar-refractivity contribution in [3.8, 4) is 0 Å². The standard InChI is InChI=1S/C20H22ClN3O2S/c21-16-8-2-1-6-14(16)13-27-20-22-17-9-5-7-15(17)19(26)24(20)12-18(25)23-10-3-4-11-23/h1-2,6,8H,3-5,7,9-13H2. The molecule has 1 fully saturated rings. The Morgan fingerprint density at radius 3 is 2.70 bits per heavy atom. The van der Waals surface area contributed by atoms with Crippen molar-refractivity contribution >= 4 is 29.3 Å². The largest absolute Gasteiger partial charge is 0.341 e. The first-order chi connectivity index (χ1) is 13.1. The highest BCUT2D eigenvalue weighted by Crippen LogP contribution is 2.27. The van der Waals surface area contributed by atoms with E-state index in [1.54, 1.807) is 4.57 Å². The zero-order valence-electron chi connectivity index (χ0n) is 15.1. The van der Waals surface area contributed by atoms with Crippen LogP contribution in [0, 0.1) is 0 Å². The molecule has 1 amide bonds. The van der Waals surface area contributed by atoms with Gasteiger partial charge in [0.15, 0.2) is 5.16 Å². The van der Waals surface area contributed by atoms with Crippen LogP contribution in [0.25, 0.3) is 0 Å². The number of fused-ring (bicyclic) bond motifs is 1. The second-order valence-corrected chi connectivity index (χ2v) is 8.38. The molecule has 2 aliphatic rings. The van der Waals surface area contributed by atoms with Crippen molar-refractivity contribution in [1.82, 2.24) is 14.5 Å². The minimum absolute atomic E-state index is 0.00828. The van der Waals surface area contributed by atoms with Crippen molar-refractivity contribution < 1.29 is 4.79 Å². The molecular weight excluding hydrogens is 382 g/mol. The number of amides is 1. The van der Waals surface area contributed by atoms with Crippen LogP contribution in [0.4, 0.5) is 0 Å². The van der Waals surface area contributed by atoms with E-state index in [0.717, 1.165) is 62.0 Å². The van der Waals surface area contributed by atoms with E-state index in [1.807, 2.05) is 29.2 Å². The number of aryl methyl sites for hydroxylation is 1. The van der Waals surface area contributed by atoms with Gasteiger partial charge in [-0.05, 0) is 43.7 Å². The highest BCUT2D eigenvalue weighted by atomic mass is 35.5. The second kappa shape index (κ2) is 8.07. The lowest BCUT2D eigenvalue weighted by Crippen LogP contribution is -2.36. The van der Waals surface area contributed by atoms with Gasteiger partial charge < -0.3 is 4.90 Å². The molecule has 0 atom stereocenters. The Hall–Kier alpha value is -1.79. The Kier molecular flexibility index (Phi) is 5.55. The molecule has 2 aromatic rings. The summed E-state index contributed by atoms with van der Waals surface area (Å²) in [6.45, 7) is 1.64. The van der Waals surface area contributed by atoms with Crippen LogP contribution in [0.3, 0.4) is 0 Å². The number of hydrogen-bond acceptors (Lipinski definition) is 4. The van der Waals surface area contributed by atoms with Gasteiger partial charge in [-0.15, -0.1) is 0 Å². The van der Waals surface area contributed by atoms with Crippen molar-refractivity contribution in [2.45, 2.75) is 49.6 Å². The highest BCUT2D eigenvalue weighted by Gasteiger charge is 2.24. The molecule has 1 aromatic heterocycles. The summed E-state index contributed by atoms with van der Waals surface area (Å²) in [5, 5.41) is 1.32. The predicted octanol–water partition coefficient (Wildman–Crippen LogP) is 3.30. The summed E-state index contributed by atoms with van der Waals surface area (Å²) in [5.74, 6) is 0.622. The molecule has 1 aliphatic carbocycles. The van der Waals surface area contributed by atoms with E-state index in [0.29, 0.717) is 15.9 Å². The Morgan fingerprint density at radius 1 is 1.15 bits per heavy atom. The minimum Gasteiger partial charge on any atom is -0.341 e. The van der Waals surface area contributed by atoms with Gasteiger partial charge in [0.1, 0.15) is 6.54 Å². The Bertz CT molecular complexity index is 922. The summed E-state index contributed by atoms with van der Waals surface area (Å²) < 4.78 is 1.58. The molecule has 7 heteroatoms. The third-order valence-corrected chi connectivity index (χ3v) is 6.61. The number of carbonyl (C=O) groups is 1. The molecule has 5 nitrogen and oxygen atoms in total. The van der Waals surface area contributed by atoms with E-state index in [-0.39, 0.29) is 18.0 Å². The number of aromatic nitrogens is 2. The number of thioether (sulfide) groups is 1. The number of halogens is 1. The fourth-order valence-electron chi connectivity index (χ4n) is 3.72. The SMILES string of the molecule is O=C(Cn1c(SCc2ccccc2Cl)nc2c(c1=O)CCC2)N1CCCC1. The molecule has 1 saturated heterocycles. The number of nitrogens with zero attached hydrogens (tertiary/aromatic N) is 3. The number of carbonyl (C=O) groups excluding carboxylic acids is 1. The Labute approximate surface area is 167 Å². The topological polar surface area (TPSA) is 55.2 Å². The molecule has 0 N–H and O–H groups in total. The first kappa shape index (κ1) is 18.6. The van der Waals surface area contributed by atoms with Gasteiger partial charge in [-0.1, -0.05) is 41.6 Å². The molecular formula is C20H22ClN3O2S. The normalized spacial score (nSPS) is 16.0. The molecule has 0 radical (unpaired) electrons. The maximum Gasteiger partial charge on any atom is 0.258 e. The van der Waals surface area contributed by atoms with Gasteiger partial charge >= 0.3 is 0 Å². The third-order valence-electron chi connectivity index (χ3n) is 5.22. The molecule has 2 heterocycles. The van der Waals surface area contributed by atoms with E-state index in [9.17, 15) is 9.59 Å². The van der Waals surface area contributed by atoms with Crippen LogP contribution >= 0.6 is 23.4 Å². The molecule has 142 valence electrons. The summed E-state index contributed by atoms with van der Waals surface area (Å²) in [7, 11) is 0. The summed E-state index contributed by atoms with van der Waals surface area (Å²) in [5.41, 5.74) is 2.63. The van der Waals surface area contributed by atoms with E-state index in [4.69, 9.17) is 16.6 Å². The van der Waals surface area contributed by atoms with Crippen molar-refractivity contribution in [3.05, 3.63) is 56.5 Å². The van der Waals surface area contributed by atoms with Crippen LogP contribution in [0.15, 0.2) is 34.2 Å². The van der Waals surface area contributed by atoms with Crippen molar-refractivity contribution in [3.63, 3.8) is 0 Å². The van der Waals surface area contributed by atoms with Crippen LogP contribution in [0.5, 0.6) is 0 Å². The van der Waals surface area contributed by atoms with E-state index >= 15 is 0 Å². The van der Waals surface area contributed by atoms with E-state index in [2.05, 4.69) is 0 Å². The number of likely N-dealkylation sites (tertiary alicyclic amines) is 1. The third kappa shape index (κ3) is 3.92. The molecule has 27 heavy (non-hydrogen) atoms. The van der Waals surface area contributed by atoms with Gasteiger partial charge in [0, 0.05) is 29.4 Å². The quantitative estimate of drug-likeness (QED) is 0.567. The van der Waals surface area contributed by atoms with Crippen molar-refractivity contribution in [2.24, 2.45) is 0 Å². The zero-order valence-corrected chi connectivity index (χ0v) is 16.7. The highest BCUT2D eigenvalue weighted by molar-refractivity contribution is 7.98. The van der Waals surface area contributed by atoms with Gasteiger partial charge in [-0.25, -0.2) is 4.98 Å². The maximum atomic E-state index is 13.0. The number of hydrogen-bond donors (Lipinski definition) is 0. The van der Waals surface area contributed by atoms with E-state index in [1.165, 1.54) is 11.8 Å². The lowest BCUT2D eigenvalue weighted by molar-refractivity contribution is -0.130. The first-order valence-electron chi connectivity index (χ1n) is 9.40. The number of benzene rings is 1. The second-order valence-electron chi connectivity index (χ2n) is 7.03. The van der Waals surface area contributed by atoms with Crippen molar-refractivity contribution in [1.29, 1.82) is 0 Å². The van der Waals surface area contributed by atoms with Gasteiger partial charge in [-0.3, -0.25) is 14.2 Å². The van der Waals surface area contributed by atoms with E-state index < -0.39 is 0 Å². The summed E-state index contributed by atoms with van der Waals surface area (Å²) in [6, 6.07) is 7.68. The maximum absolute atomic E-state index is 13.0. The molecule has 0 spiro atoms. The summed E-state index contributed by atoms with van der Waals surface area (Å²) >= 11 is 7.74. The van der Waals surface area contributed by atoms with Gasteiger partial charge in [0.2, 0.25) is 5.91 Å². The summed E-state index contributed by atoms with van der Waals surface area (Å²) in [4.78, 5) is 32.3. The smallest absolute Gasteiger partial charge is 0.258 e. The lowest BCUT2D eigenvalue weighted by Gasteiger charge is -2.18. The molecule has 0 bridgehead atoms.